The third kappa shape index (κ3) is 4.42. The van der Waals surface area contributed by atoms with Crippen LogP contribution in [0.5, 0.6) is 11.5 Å². The minimum atomic E-state index is -0.509. The first-order chi connectivity index (χ1) is 8.99. The molecule has 19 heavy (non-hydrogen) atoms. The molecule has 0 aliphatic rings. The van der Waals surface area contributed by atoms with E-state index in [0.717, 1.165) is 5.56 Å². The van der Waals surface area contributed by atoms with Crippen molar-refractivity contribution in [3.05, 3.63) is 23.8 Å². The van der Waals surface area contributed by atoms with Crippen LogP contribution in [0.25, 0.3) is 0 Å². The van der Waals surface area contributed by atoms with Crippen LogP contribution < -0.4 is 9.47 Å². The fraction of sp³-hybridized carbons (Fsp3) is 0.500. The number of alkyl halides is 1. The third-order valence-electron chi connectivity index (χ3n) is 2.33. The molecule has 0 aromatic heterocycles. The van der Waals surface area contributed by atoms with Crippen LogP contribution in [0, 0.1) is 0 Å². The number of halogens is 1. The van der Waals surface area contributed by atoms with Crippen LogP contribution in [0.2, 0.25) is 0 Å². The molecular weight excluding hydrogens is 312 g/mol. The van der Waals surface area contributed by atoms with E-state index in [9.17, 15) is 4.79 Å². The third-order valence-corrected chi connectivity index (χ3v) is 3.23. The Labute approximate surface area is 122 Å². The van der Waals surface area contributed by atoms with Gasteiger partial charge in [-0.15, -0.1) is 0 Å². The van der Waals surface area contributed by atoms with Crippen molar-refractivity contribution in [1.29, 1.82) is 0 Å². The number of hydrogen-bond donors (Lipinski definition) is 0. The first-order valence-electron chi connectivity index (χ1n) is 6.14. The molecule has 0 bridgehead atoms. The maximum atomic E-state index is 11.5. The quantitative estimate of drug-likeness (QED) is 0.591. The number of esters is 1. The lowest BCUT2D eigenvalue weighted by atomic mass is 10.1. The molecule has 0 aliphatic heterocycles. The van der Waals surface area contributed by atoms with Gasteiger partial charge in [-0.2, -0.15) is 0 Å². The van der Waals surface area contributed by atoms with Crippen LogP contribution in [0.3, 0.4) is 0 Å². The summed E-state index contributed by atoms with van der Waals surface area (Å²) in [5.74, 6) is 0.951. The molecule has 0 saturated carbocycles. The van der Waals surface area contributed by atoms with E-state index in [0.29, 0.717) is 18.1 Å². The average Bonchev–Trinajstić information content (AvgIpc) is 2.38. The Balaban J connectivity index is 3.04. The minimum absolute atomic E-state index is 0.0606. The second kappa shape index (κ2) is 7.38. The maximum absolute atomic E-state index is 11.5. The van der Waals surface area contributed by atoms with Gasteiger partial charge in [-0.25, -0.2) is 0 Å². The number of benzene rings is 1. The van der Waals surface area contributed by atoms with E-state index in [1.54, 1.807) is 12.1 Å². The van der Waals surface area contributed by atoms with Gasteiger partial charge in [0.2, 0.25) is 0 Å². The van der Waals surface area contributed by atoms with Crippen LogP contribution in [0.1, 0.15) is 31.2 Å². The van der Waals surface area contributed by atoms with E-state index < -0.39 is 4.83 Å². The Bertz CT molecular complexity index is 431. The van der Waals surface area contributed by atoms with Gasteiger partial charge in [0.1, 0.15) is 4.83 Å². The highest BCUT2D eigenvalue weighted by Gasteiger charge is 2.19. The fourth-order valence-corrected chi connectivity index (χ4v) is 2.01. The molecule has 0 radical (unpaired) electrons. The van der Waals surface area contributed by atoms with E-state index in [1.807, 2.05) is 26.8 Å². The molecule has 1 unspecified atom stereocenters. The number of methoxy groups -OCH3 is 1. The Morgan fingerprint density at radius 3 is 2.53 bits per heavy atom. The highest BCUT2D eigenvalue weighted by atomic mass is 79.9. The Kier molecular flexibility index (Phi) is 6.15. The largest absolute Gasteiger partial charge is 0.490 e. The second-order valence-electron chi connectivity index (χ2n) is 4.19. The molecule has 0 fully saturated rings. The van der Waals surface area contributed by atoms with Gasteiger partial charge < -0.3 is 14.2 Å². The van der Waals surface area contributed by atoms with Crippen molar-refractivity contribution in [2.45, 2.75) is 31.7 Å². The van der Waals surface area contributed by atoms with Crippen molar-refractivity contribution in [2.75, 3.05) is 13.7 Å². The van der Waals surface area contributed by atoms with E-state index in [-0.39, 0.29) is 12.1 Å². The van der Waals surface area contributed by atoms with E-state index in [1.165, 1.54) is 7.11 Å². The van der Waals surface area contributed by atoms with Crippen molar-refractivity contribution in [2.24, 2.45) is 0 Å². The van der Waals surface area contributed by atoms with E-state index >= 15 is 0 Å². The summed E-state index contributed by atoms with van der Waals surface area (Å²) in [6.07, 6.45) is 0.0606. The zero-order chi connectivity index (χ0) is 14.4. The molecule has 1 aromatic rings. The molecule has 0 aliphatic carbocycles. The topological polar surface area (TPSA) is 44.8 Å². The summed E-state index contributed by atoms with van der Waals surface area (Å²) in [6.45, 7) is 6.33. The first-order valence-corrected chi connectivity index (χ1v) is 7.06. The lowest BCUT2D eigenvalue weighted by molar-refractivity contribution is -0.139. The molecule has 1 atom stereocenters. The molecule has 1 rings (SSSR count). The highest BCUT2D eigenvalue weighted by Crippen LogP contribution is 2.34. The van der Waals surface area contributed by atoms with Crippen LogP contribution >= 0.6 is 15.9 Å². The average molecular weight is 331 g/mol. The van der Waals surface area contributed by atoms with Gasteiger partial charge in [0.15, 0.2) is 11.5 Å². The summed E-state index contributed by atoms with van der Waals surface area (Å²) in [4.78, 5) is 11.0. The molecule has 0 spiro atoms. The Hall–Kier alpha value is -1.23. The number of rotatable bonds is 6. The minimum Gasteiger partial charge on any atom is -0.490 e. The smallest absolute Gasteiger partial charge is 0.324 e. The lowest BCUT2D eigenvalue weighted by Crippen LogP contribution is -2.10. The molecule has 5 heteroatoms. The Morgan fingerprint density at radius 1 is 1.32 bits per heavy atom. The van der Waals surface area contributed by atoms with Gasteiger partial charge in [0.05, 0.1) is 19.8 Å². The fourth-order valence-electron chi connectivity index (χ4n) is 1.54. The van der Waals surface area contributed by atoms with Crippen molar-refractivity contribution in [3.63, 3.8) is 0 Å². The highest BCUT2D eigenvalue weighted by molar-refractivity contribution is 9.09. The standard InChI is InChI=1S/C14H19BrO4/c1-5-18-12-8-10(13(15)14(16)17-4)6-7-11(12)19-9(2)3/h6-9,13H,5H2,1-4H3. The maximum Gasteiger partial charge on any atom is 0.324 e. The normalized spacial score (nSPS) is 12.1. The monoisotopic (exact) mass is 330 g/mol. The van der Waals surface area contributed by atoms with Crippen molar-refractivity contribution < 1.29 is 19.0 Å². The summed E-state index contributed by atoms with van der Waals surface area (Å²) in [7, 11) is 1.36. The van der Waals surface area contributed by atoms with Crippen LogP contribution in [-0.4, -0.2) is 25.8 Å². The van der Waals surface area contributed by atoms with Crippen molar-refractivity contribution in [1.82, 2.24) is 0 Å². The van der Waals surface area contributed by atoms with E-state index in [2.05, 4.69) is 15.9 Å². The molecule has 106 valence electrons. The molecule has 0 saturated heterocycles. The summed E-state index contributed by atoms with van der Waals surface area (Å²) in [6, 6.07) is 5.41. The summed E-state index contributed by atoms with van der Waals surface area (Å²) < 4.78 is 15.9. The van der Waals surface area contributed by atoms with Crippen LogP contribution in [0.4, 0.5) is 0 Å². The number of ether oxygens (including phenoxy) is 3. The predicted molar refractivity (Wildman–Crippen MR) is 77.1 cm³/mol. The van der Waals surface area contributed by atoms with Crippen LogP contribution in [0.15, 0.2) is 18.2 Å². The van der Waals surface area contributed by atoms with Gasteiger partial charge in [-0.05, 0) is 38.5 Å². The van der Waals surface area contributed by atoms with Gasteiger partial charge in [-0.3, -0.25) is 4.79 Å². The van der Waals surface area contributed by atoms with E-state index in [4.69, 9.17) is 14.2 Å². The summed E-state index contributed by atoms with van der Waals surface area (Å²) in [5, 5.41) is 0. The second-order valence-corrected chi connectivity index (χ2v) is 5.11. The van der Waals surface area contributed by atoms with Crippen LogP contribution in [-0.2, 0) is 9.53 Å². The Morgan fingerprint density at radius 2 is 2.00 bits per heavy atom. The molecule has 0 amide bonds. The lowest BCUT2D eigenvalue weighted by Gasteiger charge is -2.16. The zero-order valence-corrected chi connectivity index (χ0v) is 13.2. The first kappa shape index (κ1) is 15.8. The van der Waals surface area contributed by atoms with Gasteiger partial charge in [-0.1, -0.05) is 22.0 Å². The number of carbonyl (C=O) groups excluding carboxylic acids is 1. The van der Waals surface area contributed by atoms with Gasteiger partial charge >= 0.3 is 5.97 Å². The summed E-state index contributed by atoms with van der Waals surface area (Å²) in [5.41, 5.74) is 0.770. The SMILES string of the molecule is CCOc1cc(C(Br)C(=O)OC)ccc1OC(C)C. The zero-order valence-electron chi connectivity index (χ0n) is 11.6. The predicted octanol–water partition coefficient (Wildman–Crippen LogP) is 3.48. The molecule has 4 nitrogen and oxygen atoms in total. The van der Waals surface area contributed by atoms with Crippen molar-refractivity contribution >= 4 is 21.9 Å². The molecular formula is C14H19BrO4. The van der Waals surface area contributed by atoms with Crippen molar-refractivity contribution in [3.8, 4) is 11.5 Å². The molecule has 1 aromatic carbocycles. The molecule has 0 heterocycles. The van der Waals surface area contributed by atoms with Gasteiger partial charge in [0, 0.05) is 0 Å². The van der Waals surface area contributed by atoms with Gasteiger partial charge in [0.25, 0.3) is 0 Å². The molecule has 0 N–H and O–H groups in total. The number of hydrogen-bond acceptors (Lipinski definition) is 4. The number of carbonyl (C=O) groups is 1. The summed E-state index contributed by atoms with van der Waals surface area (Å²) >= 11 is 3.30.